The second kappa shape index (κ2) is 5.81. The summed E-state index contributed by atoms with van der Waals surface area (Å²) in [6, 6.07) is 5.31. The molecule has 1 N–H and O–H groups in total. The fraction of sp³-hybridized carbons (Fsp3) is 0.462. The molecular weight excluding hydrogens is 273 g/mol. The van der Waals surface area contributed by atoms with Crippen molar-refractivity contribution in [3.05, 3.63) is 28.2 Å². The predicted molar refractivity (Wildman–Crippen MR) is 72.3 cm³/mol. The number of nitrogens with one attached hydrogen (secondary N) is 1. The van der Waals surface area contributed by atoms with E-state index in [4.69, 9.17) is 27.9 Å². The number of carbonyl (C=O) groups excluding carboxylic acids is 1. The van der Waals surface area contributed by atoms with Crippen LogP contribution in [-0.4, -0.2) is 18.6 Å². The predicted octanol–water partition coefficient (Wildman–Crippen LogP) is 3.29. The Kier molecular flexibility index (Phi) is 4.36. The molecule has 0 heterocycles. The second-order valence-electron chi connectivity index (χ2n) is 4.53. The number of ether oxygens (including phenoxy) is 1. The maximum Gasteiger partial charge on any atom is 0.258 e. The van der Waals surface area contributed by atoms with Crippen molar-refractivity contribution in [3.63, 3.8) is 0 Å². The number of benzene rings is 1. The molecule has 0 spiro atoms. The van der Waals surface area contributed by atoms with Gasteiger partial charge >= 0.3 is 0 Å². The van der Waals surface area contributed by atoms with Crippen molar-refractivity contribution >= 4 is 29.1 Å². The standard InChI is InChI=1S/C13H15Cl2NO2/c1-8(9-5-6-9)16-12(17)7-18-11-4-2-3-10(14)13(11)15/h2-4,8-9H,5-7H2,1H3,(H,16,17). The van der Waals surface area contributed by atoms with Gasteiger partial charge < -0.3 is 10.1 Å². The summed E-state index contributed by atoms with van der Waals surface area (Å²) in [7, 11) is 0. The molecule has 0 aliphatic heterocycles. The quantitative estimate of drug-likeness (QED) is 0.903. The molecule has 1 fully saturated rings. The van der Waals surface area contributed by atoms with Crippen molar-refractivity contribution in [3.8, 4) is 5.75 Å². The summed E-state index contributed by atoms with van der Waals surface area (Å²) in [5.41, 5.74) is 0. The van der Waals surface area contributed by atoms with E-state index in [-0.39, 0.29) is 18.6 Å². The fourth-order valence-electron chi connectivity index (χ4n) is 1.75. The highest BCUT2D eigenvalue weighted by Crippen LogP contribution is 2.32. The van der Waals surface area contributed by atoms with E-state index < -0.39 is 0 Å². The molecule has 1 amide bonds. The lowest BCUT2D eigenvalue weighted by atomic mass is 10.2. The first kappa shape index (κ1) is 13.5. The molecule has 1 aromatic rings. The van der Waals surface area contributed by atoms with Crippen LogP contribution >= 0.6 is 23.2 Å². The Morgan fingerprint density at radius 3 is 2.89 bits per heavy atom. The molecule has 1 aliphatic carbocycles. The zero-order valence-corrected chi connectivity index (χ0v) is 11.6. The van der Waals surface area contributed by atoms with E-state index in [0.717, 1.165) is 0 Å². The van der Waals surface area contributed by atoms with E-state index in [9.17, 15) is 4.79 Å². The molecule has 0 bridgehead atoms. The summed E-state index contributed by atoms with van der Waals surface area (Å²) in [4.78, 5) is 11.6. The summed E-state index contributed by atoms with van der Waals surface area (Å²) in [5, 5.41) is 3.66. The number of hydrogen-bond acceptors (Lipinski definition) is 2. The van der Waals surface area contributed by atoms with Crippen LogP contribution in [0, 0.1) is 5.92 Å². The van der Waals surface area contributed by atoms with Gasteiger partial charge in [-0.05, 0) is 37.8 Å². The Labute approximate surface area is 116 Å². The Balaban J connectivity index is 1.83. The number of amides is 1. The van der Waals surface area contributed by atoms with Crippen molar-refractivity contribution < 1.29 is 9.53 Å². The number of halogens is 2. The molecule has 1 saturated carbocycles. The highest BCUT2D eigenvalue weighted by atomic mass is 35.5. The Bertz CT molecular complexity index is 447. The molecule has 3 nitrogen and oxygen atoms in total. The van der Waals surface area contributed by atoms with Crippen LogP contribution < -0.4 is 10.1 Å². The minimum atomic E-state index is -0.134. The molecule has 0 radical (unpaired) electrons. The van der Waals surface area contributed by atoms with Gasteiger partial charge in [-0.3, -0.25) is 4.79 Å². The third-order valence-electron chi connectivity index (χ3n) is 2.99. The van der Waals surface area contributed by atoms with E-state index in [1.807, 2.05) is 6.92 Å². The Hall–Kier alpha value is -0.930. The zero-order chi connectivity index (χ0) is 13.1. The molecule has 1 aromatic carbocycles. The SMILES string of the molecule is CC(NC(=O)COc1cccc(Cl)c1Cl)C1CC1. The minimum absolute atomic E-state index is 0.0445. The first-order valence-electron chi connectivity index (χ1n) is 5.94. The highest BCUT2D eigenvalue weighted by Gasteiger charge is 2.28. The van der Waals surface area contributed by atoms with Crippen LogP contribution in [0.3, 0.4) is 0 Å². The van der Waals surface area contributed by atoms with Crippen LogP contribution in [0.2, 0.25) is 10.0 Å². The topological polar surface area (TPSA) is 38.3 Å². The molecule has 2 rings (SSSR count). The van der Waals surface area contributed by atoms with Gasteiger partial charge in [-0.1, -0.05) is 29.3 Å². The fourth-order valence-corrected chi connectivity index (χ4v) is 2.09. The molecule has 0 aromatic heterocycles. The van der Waals surface area contributed by atoms with Crippen molar-refractivity contribution in [1.29, 1.82) is 0 Å². The van der Waals surface area contributed by atoms with E-state index in [2.05, 4.69) is 5.32 Å². The molecule has 1 atom stereocenters. The van der Waals surface area contributed by atoms with Gasteiger partial charge in [0, 0.05) is 6.04 Å². The number of hydrogen-bond donors (Lipinski definition) is 1. The molecule has 0 saturated heterocycles. The lowest BCUT2D eigenvalue weighted by Crippen LogP contribution is -2.37. The van der Waals surface area contributed by atoms with Gasteiger partial charge in [0.15, 0.2) is 6.61 Å². The van der Waals surface area contributed by atoms with Gasteiger partial charge in [0.1, 0.15) is 10.8 Å². The normalized spacial score (nSPS) is 16.2. The molecule has 98 valence electrons. The van der Waals surface area contributed by atoms with Crippen molar-refractivity contribution in [2.45, 2.75) is 25.8 Å². The van der Waals surface area contributed by atoms with Gasteiger partial charge in [0.05, 0.1) is 5.02 Å². The van der Waals surface area contributed by atoms with Crippen molar-refractivity contribution in [2.75, 3.05) is 6.61 Å². The zero-order valence-electron chi connectivity index (χ0n) is 10.1. The van der Waals surface area contributed by atoms with Crippen LogP contribution in [0.25, 0.3) is 0 Å². The van der Waals surface area contributed by atoms with Gasteiger partial charge in [0.2, 0.25) is 0 Å². The molecular formula is C13H15Cl2NO2. The summed E-state index contributed by atoms with van der Waals surface area (Å²) < 4.78 is 5.35. The average molecular weight is 288 g/mol. The smallest absolute Gasteiger partial charge is 0.258 e. The molecule has 5 heteroatoms. The molecule has 1 unspecified atom stereocenters. The Morgan fingerprint density at radius 2 is 2.22 bits per heavy atom. The first-order chi connectivity index (χ1) is 8.58. The molecule has 18 heavy (non-hydrogen) atoms. The first-order valence-corrected chi connectivity index (χ1v) is 6.69. The third kappa shape index (κ3) is 3.53. The van der Waals surface area contributed by atoms with Crippen molar-refractivity contribution in [2.24, 2.45) is 5.92 Å². The van der Waals surface area contributed by atoms with Gasteiger partial charge in [-0.2, -0.15) is 0 Å². The van der Waals surface area contributed by atoms with Gasteiger partial charge in [-0.15, -0.1) is 0 Å². The van der Waals surface area contributed by atoms with Crippen LogP contribution in [0.1, 0.15) is 19.8 Å². The van der Waals surface area contributed by atoms with E-state index in [1.54, 1.807) is 18.2 Å². The van der Waals surface area contributed by atoms with Crippen LogP contribution in [-0.2, 0) is 4.79 Å². The lowest BCUT2D eigenvalue weighted by Gasteiger charge is -2.13. The number of rotatable bonds is 5. The van der Waals surface area contributed by atoms with Crippen LogP contribution in [0.4, 0.5) is 0 Å². The lowest BCUT2D eigenvalue weighted by molar-refractivity contribution is -0.123. The highest BCUT2D eigenvalue weighted by molar-refractivity contribution is 6.42. The minimum Gasteiger partial charge on any atom is -0.482 e. The monoisotopic (exact) mass is 287 g/mol. The maximum atomic E-state index is 11.6. The van der Waals surface area contributed by atoms with E-state index in [0.29, 0.717) is 21.7 Å². The summed E-state index contributed by atoms with van der Waals surface area (Å²) in [5.74, 6) is 0.924. The Morgan fingerprint density at radius 1 is 1.50 bits per heavy atom. The van der Waals surface area contributed by atoms with Crippen molar-refractivity contribution in [1.82, 2.24) is 5.32 Å². The summed E-state index contributed by atoms with van der Waals surface area (Å²) in [6.45, 7) is 1.97. The van der Waals surface area contributed by atoms with Crippen LogP contribution in [0.15, 0.2) is 18.2 Å². The maximum absolute atomic E-state index is 11.6. The van der Waals surface area contributed by atoms with Gasteiger partial charge in [-0.25, -0.2) is 0 Å². The number of carbonyl (C=O) groups is 1. The largest absolute Gasteiger partial charge is 0.482 e. The average Bonchev–Trinajstić information content (AvgIpc) is 3.15. The summed E-state index contributed by atoms with van der Waals surface area (Å²) >= 11 is 11.8. The van der Waals surface area contributed by atoms with Gasteiger partial charge in [0.25, 0.3) is 5.91 Å². The van der Waals surface area contributed by atoms with E-state index in [1.165, 1.54) is 12.8 Å². The summed E-state index contributed by atoms with van der Waals surface area (Å²) in [6.07, 6.45) is 2.39. The second-order valence-corrected chi connectivity index (χ2v) is 5.32. The molecule has 1 aliphatic rings. The van der Waals surface area contributed by atoms with E-state index >= 15 is 0 Å². The van der Waals surface area contributed by atoms with Crippen LogP contribution in [0.5, 0.6) is 5.75 Å². The third-order valence-corrected chi connectivity index (χ3v) is 3.79.